The monoisotopic (exact) mass is 382 g/mol. The molecule has 0 unspecified atom stereocenters. The lowest BCUT2D eigenvalue weighted by atomic mass is 9.93. The van der Waals surface area contributed by atoms with Crippen LogP contribution in [0, 0.1) is 5.41 Å². The molecule has 0 saturated carbocycles. The highest BCUT2D eigenvalue weighted by atomic mass is 32.2. The minimum Gasteiger partial charge on any atom is -0.354 e. The lowest BCUT2D eigenvalue weighted by molar-refractivity contribution is -0.127. The van der Waals surface area contributed by atoms with Gasteiger partial charge in [-0.1, -0.05) is 17.3 Å². The standard InChI is InChI=1S/C17H26N4O4S/c1-5-21(15-13-8-6-7-9-14(13)25-19-15)11-10-18-12-17(2,3)16(22)20-26(4,23)24/h6-9,18H,5,10-12H2,1-4H3,(H,20,22). The van der Waals surface area contributed by atoms with Gasteiger partial charge in [0, 0.05) is 26.2 Å². The van der Waals surface area contributed by atoms with Gasteiger partial charge in [0.15, 0.2) is 11.4 Å². The van der Waals surface area contributed by atoms with E-state index >= 15 is 0 Å². The number of carbonyl (C=O) groups excluding carboxylic acids is 1. The minimum absolute atomic E-state index is 0.353. The molecule has 1 amide bonds. The van der Waals surface area contributed by atoms with E-state index in [0.717, 1.165) is 29.6 Å². The second kappa shape index (κ2) is 8.05. The molecule has 8 nitrogen and oxygen atoms in total. The third kappa shape index (κ3) is 5.18. The Balaban J connectivity index is 1.90. The van der Waals surface area contributed by atoms with E-state index in [-0.39, 0.29) is 0 Å². The molecular formula is C17H26N4O4S. The summed E-state index contributed by atoms with van der Waals surface area (Å²) < 4.78 is 29.8. The van der Waals surface area contributed by atoms with Gasteiger partial charge in [0.1, 0.15) is 0 Å². The van der Waals surface area contributed by atoms with Gasteiger partial charge in [0.05, 0.1) is 17.1 Å². The number of carbonyl (C=O) groups is 1. The fraction of sp³-hybridized carbons (Fsp3) is 0.529. The van der Waals surface area contributed by atoms with Crippen LogP contribution in [0.25, 0.3) is 11.0 Å². The number of nitrogens with zero attached hydrogens (tertiary/aromatic N) is 2. The van der Waals surface area contributed by atoms with E-state index in [1.54, 1.807) is 13.8 Å². The SMILES string of the molecule is CCN(CCNCC(C)(C)C(=O)NS(C)(=O)=O)c1noc2ccccc12. The largest absolute Gasteiger partial charge is 0.354 e. The van der Waals surface area contributed by atoms with Crippen molar-refractivity contribution in [2.24, 2.45) is 5.41 Å². The Morgan fingerprint density at radius 2 is 2.00 bits per heavy atom. The number of amides is 1. The summed E-state index contributed by atoms with van der Waals surface area (Å²) in [5, 5.41) is 8.33. The highest BCUT2D eigenvalue weighted by Crippen LogP contribution is 2.25. The zero-order valence-corrected chi connectivity index (χ0v) is 16.4. The molecule has 9 heteroatoms. The number of anilines is 1. The number of likely N-dealkylation sites (N-methyl/N-ethyl adjacent to an activating group) is 1. The molecule has 0 aliphatic carbocycles. The maximum Gasteiger partial charge on any atom is 0.240 e. The molecule has 1 aromatic carbocycles. The molecule has 26 heavy (non-hydrogen) atoms. The zero-order valence-electron chi connectivity index (χ0n) is 15.6. The van der Waals surface area contributed by atoms with Crippen LogP contribution in [0.1, 0.15) is 20.8 Å². The lowest BCUT2D eigenvalue weighted by Crippen LogP contribution is -2.46. The first-order chi connectivity index (χ1) is 12.1. The van der Waals surface area contributed by atoms with E-state index in [1.165, 1.54) is 0 Å². The van der Waals surface area contributed by atoms with Crippen LogP contribution in [0.4, 0.5) is 5.82 Å². The van der Waals surface area contributed by atoms with Gasteiger partial charge in [-0.3, -0.25) is 9.52 Å². The second-order valence-electron chi connectivity index (χ2n) is 6.85. The summed E-state index contributed by atoms with van der Waals surface area (Å²) in [6, 6.07) is 7.69. The van der Waals surface area contributed by atoms with Crippen molar-refractivity contribution in [1.82, 2.24) is 15.2 Å². The summed E-state index contributed by atoms with van der Waals surface area (Å²) in [5.41, 5.74) is -0.103. The summed E-state index contributed by atoms with van der Waals surface area (Å²) >= 11 is 0. The maximum atomic E-state index is 12.0. The van der Waals surface area contributed by atoms with Crippen molar-refractivity contribution in [2.75, 3.05) is 37.3 Å². The van der Waals surface area contributed by atoms with E-state index in [2.05, 4.69) is 15.4 Å². The van der Waals surface area contributed by atoms with Crippen LogP contribution in [0.2, 0.25) is 0 Å². The zero-order chi connectivity index (χ0) is 19.4. The van der Waals surface area contributed by atoms with Crippen LogP contribution in [-0.2, 0) is 14.8 Å². The van der Waals surface area contributed by atoms with Gasteiger partial charge in [-0.05, 0) is 32.9 Å². The molecular weight excluding hydrogens is 356 g/mol. The number of nitrogens with one attached hydrogen (secondary N) is 2. The van der Waals surface area contributed by atoms with Gasteiger partial charge in [0.2, 0.25) is 15.9 Å². The molecule has 2 rings (SSSR count). The fourth-order valence-electron chi connectivity index (χ4n) is 2.52. The van der Waals surface area contributed by atoms with Crippen molar-refractivity contribution in [3.8, 4) is 0 Å². The Morgan fingerprint density at radius 3 is 2.65 bits per heavy atom. The first-order valence-corrected chi connectivity index (χ1v) is 10.4. The van der Waals surface area contributed by atoms with E-state index in [1.807, 2.05) is 35.9 Å². The predicted octanol–water partition coefficient (Wildman–Crippen LogP) is 1.35. The van der Waals surface area contributed by atoms with Gasteiger partial charge in [-0.15, -0.1) is 0 Å². The van der Waals surface area contributed by atoms with E-state index in [4.69, 9.17) is 4.52 Å². The summed E-state index contributed by atoms with van der Waals surface area (Å²) in [7, 11) is -3.56. The lowest BCUT2D eigenvalue weighted by Gasteiger charge is -2.25. The van der Waals surface area contributed by atoms with Gasteiger partial charge in [-0.2, -0.15) is 0 Å². The van der Waals surface area contributed by atoms with E-state index in [9.17, 15) is 13.2 Å². The molecule has 0 radical (unpaired) electrons. The Morgan fingerprint density at radius 1 is 1.31 bits per heavy atom. The molecule has 0 saturated heterocycles. The number of para-hydroxylation sites is 1. The quantitative estimate of drug-likeness (QED) is 0.631. The third-order valence-corrected chi connectivity index (χ3v) is 4.61. The van der Waals surface area contributed by atoms with Gasteiger partial charge >= 0.3 is 0 Å². The number of hydrogen-bond acceptors (Lipinski definition) is 7. The van der Waals surface area contributed by atoms with Crippen molar-refractivity contribution in [3.05, 3.63) is 24.3 Å². The number of hydrogen-bond donors (Lipinski definition) is 2. The average molecular weight is 382 g/mol. The first-order valence-electron chi connectivity index (χ1n) is 8.46. The number of benzene rings is 1. The number of aromatic nitrogens is 1. The maximum absolute atomic E-state index is 12.0. The van der Waals surface area contributed by atoms with Gasteiger partial charge in [0.25, 0.3) is 0 Å². The number of sulfonamides is 1. The smallest absolute Gasteiger partial charge is 0.240 e. The van der Waals surface area contributed by atoms with Crippen LogP contribution in [0.3, 0.4) is 0 Å². The van der Waals surface area contributed by atoms with Crippen molar-refractivity contribution < 1.29 is 17.7 Å². The fourth-order valence-corrected chi connectivity index (χ4v) is 3.13. The molecule has 0 atom stereocenters. The molecule has 2 N–H and O–H groups in total. The Labute approximate surface area is 154 Å². The molecule has 1 heterocycles. The van der Waals surface area contributed by atoms with Crippen LogP contribution in [-0.4, -0.2) is 51.9 Å². The second-order valence-corrected chi connectivity index (χ2v) is 8.59. The van der Waals surface area contributed by atoms with Crippen LogP contribution >= 0.6 is 0 Å². The highest BCUT2D eigenvalue weighted by Gasteiger charge is 2.29. The highest BCUT2D eigenvalue weighted by molar-refractivity contribution is 7.89. The summed E-state index contributed by atoms with van der Waals surface area (Å²) in [4.78, 5) is 14.1. The van der Waals surface area contributed by atoms with Crippen LogP contribution < -0.4 is 14.9 Å². The summed E-state index contributed by atoms with van der Waals surface area (Å²) in [5.74, 6) is 0.265. The number of rotatable bonds is 9. The Kier molecular flexibility index (Phi) is 6.25. The third-order valence-electron chi connectivity index (χ3n) is 4.06. The average Bonchev–Trinajstić information content (AvgIpc) is 2.97. The molecule has 2 aromatic rings. The Hall–Kier alpha value is -2.13. The van der Waals surface area contributed by atoms with Crippen molar-refractivity contribution in [1.29, 1.82) is 0 Å². The van der Waals surface area contributed by atoms with Crippen molar-refractivity contribution >= 4 is 32.7 Å². The summed E-state index contributed by atoms with van der Waals surface area (Å²) in [6.07, 6.45) is 0.968. The first kappa shape index (κ1) is 20.2. The summed E-state index contributed by atoms with van der Waals surface area (Å²) in [6.45, 7) is 7.84. The molecule has 0 bridgehead atoms. The van der Waals surface area contributed by atoms with Crippen molar-refractivity contribution in [2.45, 2.75) is 20.8 Å². The van der Waals surface area contributed by atoms with E-state index in [0.29, 0.717) is 19.6 Å². The van der Waals surface area contributed by atoms with Gasteiger partial charge < -0.3 is 14.7 Å². The molecule has 0 aliphatic rings. The topological polar surface area (TPSA) is 105 Å². The Bertz CT molecular complexity index is 861. The minimum atomic E-state index is -3.56. The number of fused-ring (bicyclic) bond motifs is 1. The molecule has 0 fully saturated rings. The molecule has 0 aliphatic heterocycles. The molecule has 0 spiro atoms. The normalized spacial score (nSPS) is 12.3. The predicted molar refractivity (Wildman–Crippen MR) is 102 cm³/mol. The van der Waals surface area contributed by atoms with Crippen LogP contribution in [0.5, 0.6) is 0 Å². The molecule has 1 aromatic heterocycles. The van der Waals surface area contributed by atoms with E-state index < -0.39 is 21.3 Å². The van der Waals surface area contributed by atoms with Gasteiger partial charge in [-0.25, -0.2) is 8.42 Å². The molecule has 144 valence electrons. The van der Waals surface area contributed by atoms with Crippen molar-refractivity contribution in [3.63, 3.8) is 0 Å². The van der Waals surface area contributed by atoms with Crippen LogP contribution in [0.15, 0.2) is 28.8 Å².